The van der Waals surface area contributed by atoms with Crippen molar-refractivity contribution >= 4 is 6.09 Å². The molecule has 0 radical (unpaired) electrons. The first-order chi connectivity index (χ1) is 8.04. The summed E-state index contributed by atoms with van der Waals surface area (Å²) in [5.74, 6) is 0.525. The van der Waals surface area contributed by atoms with Crippen LogP contribution < -0.4 is 5.32 Å². The molecule has 0 saturated carbocycles. The largest absolute Gasteiger partial charge is 0.450 e. The molecule has 17 heavy (non-hydrogen) atoms. The molecule has 3 nitrogen and oxygen atoms in total. The van der Waals surface area contributed by atoms with Crippen LogP contribution in [0, 0.1) is 0 Å². The van der Waals surface area contributed by atoms with Crippen LogP contribution in [-0.4, -0.2) is 12.7 Å². The van der Waals surface area contributed by atoms with Crippen molar-refractivity contribution in [2.75, 3.05) is 6.61 Å². The number of ether oxygens (including phenoxy) is 1. The lowest BCUT2D eigenvalue weighted by Gasteiger charge is -2.15. The Morgan fingerprint density at radius 2 is 1.71 bits per heavy atom. The minimum absolute atomic E-state index is 0.0322. The molecule has 94 valence electrons. The Morgan fingerprint density at radius 3 is 2.18 bits per heavy atom. The maximum atomic E-state index is 11.3. The molecule has 0 saturated heterocycles. The molecular weight excluding hydrogens is 214 g/mol. The van der Waals surface area contributed by atoms with Gasteiger partial charge in [0.15, 0.2) is 0 Å². The van der Waals surface area contributed by atoms with Gasteiger partial charge in [0.05, 0.1) is 12.6 Å². The second kappa shape index (κ2) is 6.28. The molecule has 0 fully saturated rings. The third-order valence-corrected chi connectivity index (χ3v) is 2.71. The lowest BCUT2D eigenvalue weighted by Crippen LogP contribution is -2.27. The molecular formula is C14H21NO2. The van der Waals surface area contributed by atoms with Crippen molar-refractivity contribution in [3.63, 3.8) is 0 Å². The van der Waals surface area contributed by atoms with Gasteiger partial charge in [-0.05, 0) is 30.9 Å². The fraction of sp³-hybridized carbons (Fsp3) is 0.500. The summed E-state index contributed by atoms with van der Waals surface area (Å²) in [6, 6.07) is 8.26. The van der Waals surface area contributed by atoms with Gasteiger partial charge in [0.25, 0.3) is 0 Å². The Balaban J connectivity index is 2.63. The first-order valence-corrected chi connectivity index (χ1v) is 6.07. The summed E-state index contributed by atoms with van der Waals surface area (Å²) in [4.78, 5) is 11.3. The summed E-state index contributed by atoms with van der Waals surface area (Å²) in [6.07, 6.45) is -0.368. The van der Waals surface area contributed by atoms with Crippen molar-refractivity contribution in [3.8, 4) is 0 Å². The molecule has 0 aliphatic carbocycles. The van der Waals surface area contributed by atoms with Crippen LogP contribution in [0.15, 0.2) is 24.3 Å². The van der Waals surface area contributed by atoms with Gasteiger partial charge in [0.1, 0.15) is 0 Å². The molecule has 1 unspecified atom stereocenters. The van der Waals surface area contributed by atoms with Crippen LogP contribution in [0.3, 0.4) is 0 Å². The quantitative estimate of drug-likeness (QED) is 0.865. The van der Waals surface area contributed by atoms with Crippen LogP contribution in [0.2, 0.25) is 0 Å². The highest BCUT2D eigenvalue weighted by Crippen LogP contribution is 2.18. The van der Waals surface area contributed by atoms with E-state index in [0.717, 1.165) is 5.56 Å². The first-order valence-electron chi connectivity index (χ1n) is 6.07. The van der Waals surface area contributed by atoms with E-state index >= 15 is 0 Å². The summed E-state index contributed by atoms with van der Waals surface area (Å²) in [5, 5.41) is 2.78. The minimum Gasteiger partial charge on any atom is -0.450 e. The zero-order valence-corrected chi connectivity index (χ0v) is 11.0. The lowest BCUT2D eigenvalue weighted by atomic mass is 10.00. The summed E-state index contributed by atoms with van der Waals surface area (Å²) in [7, 11) is 0. The van der Waals surface area contributed by atoms with Crippen molar-refractivity contribution in [2.45, 2.75) is 39.7 Å². The maximum Gasteiger partial charge on any atom is 0.407 e. The van der Waals surface area contributed by atoms with E-state index in [1.165, 1.54) is 5.56 Å². The fourth-order valence-corrected chi connectivity index (χ4v) is 1.60. The van der Waals surface area contributed by atoms with E-state index in [9.17, 15) is 4.79 Å². The lowest BCUT2D eigenvalue weighted by molar-refractivity contribution is 0.149. The van der Waals surface area contributed by atoms with Crippen molar-refractivity contribution in [3.05, 3.63) is 35.4 Å². The van der Waals surface area contributed by atoms with Crippen molar-refractivity contribution in [1.29, 1.82) is 0 Å². The van der Waals surface area contributed by atoms with Gasteiger partial charge in [-0.15, -0.1) is 0 Å². The Labute approximate surface area is 103 Å². The smallest absolute Gasteiger partial charge is 0.407 e. The van der Waals surface area contributed by atoms with Crippen LogP contribution in [0.5, 0.6) is 0 Å². The third kappa shape index (κ3) is 4.10. The minimum atomic E-state index is -0.368. The topological polar surface area (TPSA) is 38.3 Å². The average molecular weight is 235 g/mol. The van der Waals surface area contributed by atoms with Crippen molar-refractivity contribution in [2.24, 2.45) is 0 Å². The van der Waals surface area contributed by atoms with E-state index in [1.807, 2.05) is 19.1 Å². The highest BCUT2D eigenvalue weighted by Gasteiger charge is 2.09. The van der Waals surface area contributed by atoms with Crippen LogP contribution >= 0.6 is 0 Å². The monoisotopic (exact) mass is 235 g/mol. The van der Waals surface area contributed by atoms with Gasteiger partial charge in [-0.2, -0.15) is 0 Å². The number of nitrogens with one attached hydrogen (secondary N) is 1. The van der Waals surface area contributed by atoms with Crippen LogP contribution in [0.25, 0.3) is 0 Å². The summed E-state index contributed by atoms with van der Waals surface area (Å²) in [5.41, 5.74) is 2.39. The third-order valence-electron chi connectivity index (χ3n) is 2.71. The van der Waals surface area contributed by atoms with E-state index in [-0.39, 0.29) is 12.1 Å². The highest BCUT2D eigenvalue weighted by molar-refractivity contribution is 5.67. The number of hydrogen-bond acceptors (Lipinski definition) is 2. The van der Waals surface area contributed by atoms with E-state index in [1.54, 1.807) is 6.92 Å². The molecule has 0 bridgehead atoms. The SMILES string of the molecule is CCOC(=O)NC(C)c1ccc(C(C)C)cc1. The predicted molar refractivity (Wildman–Crippen MR) is 69.1 cm³/mol. The molecule has 1 amide bonds. The number of benzene rings is 1. The summed E-state index contributed by atoms with van der Waals surface area (Å²) < 4.78 is 4.85. The number of hydrogen-bond donors (Lipinski definition) is 1. The molecule has 1 N–H and O–H groups in total. The number of carbonyl (C=O) groups is 1. The zero-order chi connectivity index (χ0) is 12.8. The van der Waals surface area contributed by atoms with Crippen molar-refractivity contribution in [1.82, 2.24) is 5.32 Å². The Morgan fingerprint density at radius 1 is 1.18 bits per heavy atom. The first kappa shape index (κ1) is 13.6. The molecule has 1 aromatic carbocycles. The standard InChI is InChI=1S/C14H21NO2/c1-5-17-14(16)15-11(4)13-8-6-12(7-9-13)10(2)3/h6-11H,5H2,1-4H3,(H,15,16). The molecule has 0 aliphatic rings. The van der Waals surface area contributed by atoms with Crippen LogP contribution in [-0.2, 0) is 4.74 Å². The zero-order valence-electron chi connectivity index (χ0n) is 11.0. The van der Waals surface area contributed by atoms with Gasteiger partial charge >= 0.3 is 6.09 Å². The fourth-order valence-electron chi connectivity index (χ4n) is 1.60. The van der Waals surface area contributed by atoms with E-state index in [4.69, 9.17) is 4.74 Å². The molecule has 3 heteroatoms. The van der Waals surface area contributed by atoms with Gasteiger partial charge < -0.3 is 10.1 Å². The van der Waals surface area contributed by atoms with Gasteiger partial charge in [-0.3, -0.25) is 0 Å². The molecule has 1 atom stereocenters. The molecule has 1 aromatic rings. The second-order valence-electron chi connectivity index (χ2n) is 4.41. The Kier molecular flexibility index (Phi) is 5.01. The molecule has 0 heterocycles. The Bertz CT molecular complexity index is 357. The second-order valence-corrected chi connectivity index (χ2v) is 4.41. The van der Waals surface area contributed by atoms with Gasteiger partial charge in [-0.1, -0.05) is 38.1 Å². The van der Waals surface area contributed by atoms with Crippen LogP contribution in [0.4, 0.5) is 4.79 Å². The van der Waals surface area contributed by atoms with Gasteiger partial charge in [-0.25, -0.2) is 4.79 Å². The Hall–Kier alpha value is -1.51. The van der Waals surface area contributed by atoms with E-state index < -0.39 is 0 Å². The van der Waals surface area contributed by atoms with Gasteiger partial charge in [0, 0.05) is 0 Å². The number of amides is 1. The van der Waals surface area contributed by atoms with E-state index in [0.29, 0.717) is 12.5 Å². The maximum absolute atomic E-state index is 11.3. The molecule has 0 aromatic heterocycles. The number of alkyl carbamates (subject to hydrolysis) is 1. The summed E-state index contributed by atoms with van der Waals surface area (Å²) >= 11 is 0. The highest BCUT2D eigenvalue weighted by atomic mass is 16.5. The molecule has 0 aliphatic heterocycles. The summed E-state index contributed by atoms with van der Waals surface area (Å²) in [6.45, 7) is 8.46. The molecule has 1 rings (SSSR count). The van der Waals surface area contributed by atoms with Crippen molar-refractivity contribution < 1.29 is 9.53 Å². The van der Waals surface area contributed by atoms with Crippen LogP contribution in [0.1, 0.15) is 50.8 Å². The normalized spacial score (nSPS) is 12.3. The van der Waals surface area contributed by atoms with Gasteiger partial charge in [0.2, 0.25) is 0 Å². The number of carbonyl (C=O) groups excluding carboxylic acids is 1. The predicted octanol–water partition coefficient (Wildman–Crippen LogP) is 3.62. The molecule has 0 spiro atoms. The average Bonchev–Trinajstić information content (AvgIpc) is 2.29. The van der Waals surface area contributed by atoms with E-state index in [2.05, 4.69) is 31.3 Å². The number of rotatable bonds is 4.